The number of rotatable bonds is 2. The molecule has 1 fully saturated rings. The molecule has 1 aliphatic heterocycles. The Bertz CT molecular complexity index is 455. The number of nitriles is 1. The van der Waals surface area contributed by atoms with Crippen LogP contribution in [0.5, 0.6) is 0 Å². The summed E-state index contributed by atoms with van der Waals surface area (Å²) < 4.78 is 0. The van der Waals surface area contributed by atoms with Crippen molar-refractivity contribution in [3.8, 4) is 6.07 Å². The lowest BCUT2D eigenvalue weighted by atomic mass is 10.0. The molecule has 1 aromatic rings. The van der Waals surface area contributed by atoms with Crippen molar-refractivity contribution in [1.82, 2.24) is 5.32 Å². The van der Waals surface area contributed by atoms with E-state index in [4.69, 9.17) is 5.26 Å². The molecule has 0 spiro atoms. The SMILES string of the molecule is Cc1cccc(C)c1N1CCC(C)NCC1CC#N. The first-order valence-electron chi connectivity index (χ1n) is 7.06. The summed E-state index contributed by atoms with van der Waals surface area (Å²) in [5.74, 6) is 0. The van der Waals surface area contributed by atoms with Gasteiger partial charge in [-0.3, -0.25) is 0 Å². The van der Waals surface area contributed by atoms with E-state index in [2.05, 4.69) is 55.3 Å². The lowest BCUT2D eigenvalue weighted by Crippen LogP contribution is -2.40. The molecule has 1 heterocycles. The Labute approximate surface area is 116 Å². The van der Waals surface area contributed by atoms with E-state index in [0.29, 0.717) is 12.5 Å². The Morgan fingerprint density at radius 2 is 2.05 bits per heavy atom. The number of nitrogens with zero attached hydrogens (tertiary/aromatic N) is 2. The number of benzene rings is 1. The fourth-order valence-corrected chi connectivity index (χ4v) is 2.91. The second kappa shape index (κ2) is 6.08. The van der Waals surface area contributed by atoms with Gasteiger partial charge in [0.2, 0.25) is 0 Å². The monoisotopic (exact) mass is 257 g/mol. The van der Waals surface area contributed by atoms with Gasteiger partial charge in [0.05, 0.1) is 18.5 Å². The molecule has 0 aromatic heterocycles. The lowest BCUT2D eigenvalue weighted by Gasteiger charge is -2.33. The minimum atomic E-state index is 0.273. The molecule has 2 atom stereocenters. The van der Waals surface area contributed by atoms with Crippen LogP contribution in [0.25, 0.3) is 0 Å². The first-order chi connectivity index (χ1) is 9.13. The predicted octanol–water partition coefficient (Wildman–Crippen LogP) is 2.77. The van der Waals surface area contributed by atoms with E-state index in [-0.39, 0.29) is 6.04 Å². The van der Waals surface area contributed by atoms with E-state index in [1.54, 1.807) is 0 Å². The molecule has 0 amide bonds. The highest BCUT2D eigenvalue weighted by Crippen LogP contribution is 2.28. The number of nitrogens with one attached hydrogen (secondary N) is 1. The average molecular weight is 257 g/mol. The summed E-state index contributed by atoms with van der Waals surface area (Å²) in [6, 6.07) is 9.56. The van der Waals surface area contributed by atoms with Crippen molar-refractivity contribution in [2.75, 3.05) is 18.0 Å². The van der Waals surface area contributed by atoms with Crippen LogP contribution in [-0.2, 0) is 0 Å². The second-order valence-corrected chi connectivity index (χ2v) is 5.55. The molecule has 2 unspecified atom stereocenters. The van der Waals surface area contributed by atoms with Crippen LogP contribution in [0.3, 0.4) is 0 Å². The minimum absolute atomic E-state index is 0.273. The van der Waals surface area contributed by atoms with Crippen LogP contribution in [-0.4, -0.2) is 25.2 Å². The summed E-state index contributed by atoms with van der Waals surface area (Å²) in [5, 5.41) is 12.6. The molecule has 0 radical (unpaired) electrons. The van der Waals surface area contributed by atoms with Gasteiger partial charge < -0.3 is 10.2 Å². The van der Waals surface area contributed by atoms with Gasteiger partial charge in [-0.15, -0.1) is 0 Å². The topological polar surface area (TPSA) is 39.1 Å². The van der Waals surface area contributed by atoms with Crippen LogP contribution < -0.4 is 10.2 Å². The molecule has 1 saturated heterocycles. The Morgan fingerprint density at radius 3 is 2.68 bits per heavy atom. The van der Waals surface area contributed by atoms with Gasteiger partial charge in [-0.1, -0.05) is 18.2 Å². The Hall–Kier alpha value is -1.53. The van der Waals surface area contributed by atoms with E-state index < -0.39 is 0 Å². The number of para-hydroxylation sites is 1. The van der Waals surface area contributed by atoms with Crippen molar-refractivity contribution in [2.45, 2.75) is 45.7 Å². The van der Waals surface area contributed by atoms with E-state index in [0.717, 1.165) is 19.5 Å². The van der Waals surface area contributed by atoms with Crippen molar-refractivity contribution in [1.29, 1.82) is 5.26 Å². The normalized spacial score (nSPS) is 23.8. The predicted molar refractivity (Wildman–Crippen MR) is 79.4 cm³/mol. The van der Waals surface area contributed by atoms with E-state index in [1.807, 2.05) is 0 Å². The van der Waals surface area contributed by atoms with Gasteiger partial charge in [0, 0.05) is 24.8 Å². The van der Waals surface area contributed by atoms with Crippen LogP contribution in [0.1, 0.15) is 30.9 Å². The van der Waals surface area contributed by atoms with Gasteiger partial charge in [0.25, 0.3) is 0 Å². The summed E-state index contributed by atoms with van der Waals surface area (Å²) >= 11 is 0. The fraction of sp³-hybridized carbons (Fsp3) is 0.562. The van der Waals surface area contributed by atoms with Gasteiger partial charge in [-0.25, -0.2) is 0 Å². The third-order valence-electron chi connectivity index (χ3n) is 4.00. The first kappa shape index (κ1) is 13.9. The quantitative estimate of drug-likeness (QED) is 0.885. The summed E-state index contributed by atoms with van der Waals surface area (Å²) in [5.41, 5.74) is 3.92. The van der Waals surface area contributed by atoms with Crippen LogP contribution in [0, 0.1) is 25.2 Å². The lowest BCUT2D eigenvalue weighted by molar-refractivity contribution is 0.538. The number of aryl methyl sites for hydroxylation is 2. The zero-order chi connectivity index (χ0) is 13.8. The molecule has 19 heavy (non-hydrogen) atoms. The van der Waals surface area contributed by atoms with Crippen LogP contribution in [0.15, 0.2) is 18.2 Å². The molecule has 3 nitrogen and oxygen atoms in total. The summed E-state index contributed by atoms with van der Waals surface area (Å²) in [6.45, 7) is 8.45. The molecule has 0 aliphatic carbocycles. The van der Waals surface area contributed by atoms with Gasteiger partial charge in [0.15, 0.2) is 0 Å². The number of hydrogen-bond donors (Lipinski definition) is 1. The van der Waals surface area contributed by atoms with Gasteiger partial charge >= 0.3 is 0 Å². The largest absolute Gasteiger partial charge is 0.366 e. The van der Waals surface area contributed by atoms with E-state index >= 15 is 0 Å². The molecule has 1 aromatic carbocycles. The molecule has 0 saturated carbocycles. The van der Waals surface area contributed by atoms with E-state index in [9.17, 15) is 0 Å². The highest BCUT2D eigenvalue weighted by Gasteiger charge is 2.25. The zero-order valence-corrected chi connectivity index (χ0v) is 12.1. The highest BCUT2D eigenvalue weighted by molar-refractivity contribution is 5.59. The van der Waals surface area contributed by atoms with Crippen molar-refractivity contribution in [3.05, 3.63) is 29.3 Å². The van der Waals surface area contributed by atoms with Crippen LogP contribution in [0.4, 0.5) is 5.69 Å². The van der Waals surface area contributed by atoms with Crippen LogP contribution in [0.2, 0.25) is 0 Å². The third-order valence-corrected chi connectivity index (χ3v) is 4.00. The van der Waals surface area contributed by atoms with Gasteiger partial charge in [0.1, 0.15) is 0 Å². The Morgan fingerprint density at radius 1 is 1.37 bits per heavy atom. The Kier molecular flexibility index (Phi) is 4.44. The van der Waals surface area contributed by atoms with Crippen molar-refractivity contribution in [3.63, 3.8) is 0 Å². The smallest absolute Gasteiger partial charge is 0.0643 e. The highest BCUT2D eigenvalue weighted by atomic mass is 15.2. The molecule has 102 valence electrons. The first-order valence-corrected chi connectivity index (χ1v) is 7.06. The molecule has 2 rings (SSSR count). The molecule has 3 heteroatoms. The van der Waals surface area contributed by atoms with Crippen LogP contribution >= 0.6 is 0 Å². The molecular formula is C16H23N3. The molecule has 1 N–H and O–H groups in total. The van der Waals surface area contributed by atoms with E-state index in [1.165, 1.54) is 16.8 Å². The summed E-state index contributed by atoms with van der Waals surface area (Å²) in [4.78, 5) is 2.43. The van der Waals surface area contributed by atoms with Crippen molar-refractivity contribution < 1.29 is 0 Å². The summed E-state index contributed by atoms with van der Waals surface area (Å²) in [6.07, 6.45) is 1.70. The number of hydrogen-bond acceptors (Lipinski definition) is 3. The second-order valence-electron chi connectivity index (χ2n) is 5.55. The molecular weight excluding hydrogens is 234 g/mol. The zero-order valence-electron chi connectivity index (χ0n) is 12.1. The standard InChI is InChI=1S/C16H23N3/c1-12-5-4-6-13(2)16(12)19-10-8-14(3)18-11-15(19)7-9-17/h4-6,14-15,18H,7-8,10-11H2,1-3H3. The number of anilines is 1. The van der Waals surface area contributed by atoms with Crippen molar-refractivity contribution >= 4 is 5.69 Å². The maximum atomic E-state index is 9.08. The fourth-order valence-electron chi connectivity index (χ4n) is 2.91. The Balaban J connectivity index is 2.35. The van der Waals surface area contributed by atoms with Gasteiger partial charge in [-0.2, -0.15) is 5.26 Å². The summed E-state index contributed by atoms with van der Waals surface area (Å²) in [7, 11) is 0. The minimum Gasteiger partial charge on any atom is -0.366 e. The maximum Gasteiger partial charge on any atom is 0.0643 e. The average Bonchev–Trinajstić information content (AvgIpc) is 2.54. The maximum absolute atomic E-state index is 9.08. The van der Waals surface area contributed by atoms with Crippen molar-refractivity contribution in [2.24, 2.45) is 0 Å². The molecule has 0 bridgehead atoms. The molecule has 1 aliphatic rings. The van der Waals surface area contributed by atoms with Gasteiger partial charge in [-0.05, 0) is 38.3 Å². The third kappa shape index (κ3) is 3.08.